The van der Waals surface area contributed by atoms with E-state index in [0.717, 1.165) is 30.5 Å². The molecule has 0 aliphatic carbocycles. The molecule has 1 aromatic carbocycles. The standard InChI is InChI=1S/C15H14F3N3O3/c1-2-3-9(15(16,17)18)7-20-8-13(19)21-14(24)11-6-10(22)4-5-12(11)23/h2-8,22-23H,1H3,(H2,19,21,24)/b3-2-,9-7+,20-8?. The number of amidine groups is 1. The number of hydrogen-bond acceptors (Lipinski definition) is 4. The molecular weight excluding hydrogens is 327 g/mol. The van der Waals surface area contributed by atoms with Crippen LogP contribution in [0.4, 0.5) is 13.2 Å². The summed E-state index contributed by atoms with van der Waals surface area (Å²) in [5.41, 5.74) is 4.06. The number of hydrogen-bond donors (Lipinski definition) is 3. The molecule has 1 aromatic rings. The Balaban J connectivity index is 2.97. The van der Waals surface area contributed by atoms with Crippen molar-refractivity contribution in [3.8, 4) is 11.5 Å². The number of rotatable bonds is 4. The van der Waals surface area contributed by atoms with Gasteiger partial charge in [0.15, 0.2) is 0 Å². The average Bonchev–Trinajstić information content (AvgIpc) is 2.47. The molecule has 24 heavy (non-hydrogen) atoms. The van der Waals surface area contributed by atoms with Gasteiger partial charge in [0, 0.05) is 6.20 Å². The minimum Gasteiger partial charge on any atom is -0.508 e. The summed E-state index contributed by atoms with van der Waals surface area (Å²) in [6, 6.07) is 3.21. The Morgan fingerprint density at radius 3 is 2.54 bits per heavy atom. The zero-order valence-electron chi connectivity index (χ0n) is 12.4. The van der Waals surface area contributed by atoms with Crippen molar-refractivity contribution in [3.63, 3.8) is 0 Å². The second kappa shape index (κ2) is 7.95. The fraction of sp³-hybridized carbons (Fsp3) is 0.133. The Bertz CT molecular complexity index is 735. The number of phenolic OH excluding ortho intramolecular Hbond substituents is 2. The number of nitrogens with two attached hydrogens (primary N) is 1. The summed E-state index contributed by atoms with van der Waals surface area (Å²) in [5, 5.41) is 18.8. The number of allylic oxidation sites excluding steroid dienone is 3. The van der Waals surface area contributed by atoms with Crippen molar-refractivity contribution in [1.82, 2.24) is 0 Å². The number of alkyl halides is 3. The second-order valence-corrected chi connectivity index (χ2v) is 4.40. The van der Waals surface area contributed by atoms with Crippen LogP contribution < -0.4 is 5.73 Å². The van der Waals surface area contributed by atoms with Crippen molar-refractivity contribution in [2.45, 2.75) is 13.1 Å². The lowest BCUT2D eigenvalue weighted by atomic mass is 10.2. The zero-order chi connectivity index (χ0) is 18.3. The SMILES string of the molecule is C/C=C\C(=C/N=CC(N)=NC(=O)c1cc(O)ccc1O)C(F)(F)F. The molecule has 0 fully saturated rings. The molecule has 0 bridgehead atoms. The van der Waals surface area contributed by atoms with Crippen LogP contribution in [0.3, 0.4) is 0 Å². The third-order valence-electron chi connectivity index (χ3n) is 2.54. The van der Waals surface area contributed by atoms with Gasteiger partial charge in [-0.3, -0.25) is 9.79 Å². The fourth-order valence-electron chi connectivity index (χ4n) is 1.49. The Labute approximate surface area is 135 Å². The first kappa shape index (κ1) is 18.9. The third kappa shape index (κ3) is 5.59. The van der Waals surface area contributed by atoms with Gasteiger partial charge in [-0.25, -0.2) is 0 Å². The normalized spacial score (nSPS) is 13.8. The molecule has 4 N–H and O–H groups in total. The quantitative estimate of drug-likeness (QED) is 0.339. The number of nitrogens with zero attached hydrogens (tertiary/aromatic N) is 2. The molecule has 128 valence electrons. The Morgan fingerprint density at radius 2 is 1.96 bits per heavy atom. The first-order chi connectivity index (χ1) is 11.1. The summed E-state index contributed by atoms with van der Waals surface area (Å²) in [6.07, 6.45) is -1.29. The molecule has 9 heteroatoms. The zero-order valence-corrected chi connectivity index (χ0v) is 12.4. The van der Waals surface area contributed by atoms with Crippen molar-refractivity contribution in [1.29, 1.82) is 0 Å². The number of halogens is 3. The van der Waals surface area contributed by atoms with E-state index < -0.39 is 29.2 Å². The molecule has 0 spiro atoms. The number of carbonyl (C=O) groups is 1. The summed E-state index contributed by atoms with van der Waals surface area (Å²) < 4.78 is 37.8. The van der Waals surface area contributed by atoms with Gasteiger partial charge in [0.25, 0.3) is 5.91 Å². The summed E-state index contributed by atoms with van der Waals surface area (Å²) in [7, 11) is 0. The van der Waals surface area contributed by atoms with Crippen molar-refractivity contribution >= 4 is 18.0 Å². The van der Waals surface area contributed by atoms with Gasteiger partial charge in [0.1, 0.15) is 17.3 Å². The molecule has 0 radical (unpaired) electrons. The molecule has 0 atom stereocenters. The largest absolute Gasteiger partial charge is 0.508 e. The molecule has 0 saturated heterocycles. The summed E-state index contributed by atoms with van der Waals surface area (Å²) >= 11 is 0. The smallest absolute Gasteiger partial charge is 0.417 e. The van der Waals surface area contributed by atoms with Crippen molar-refractivity contribution in [3.05, 3.63) is 47.7 Å². The maximum atomic E-state index is 12.6. The topological polar surface area (TPSA) is 108 Å². The molecule has 0 saturated carbocycles. The van der Waals surface area contributed by atoms with E-state index in [1.165, 1.54) is 13.0 Å². The molecule has 0 unspecified atom stereocenters. The van der Waals surface area contributed by atoms with E-state index in [1.807, 2.05) is 0 Å². The lowest BCUT2D eigenvalue weighted by Gasteiger charge is -2.05. The highest BCUT2D eigenvalue weighted by atomic mass is 19.4. The Hall–Kier alpha value is -3.10. The summed E-state index contributed by atoms with van der Waals surface area (Å²) in [4.78, 5) is 18.5. The van der Waals surface area contributed by atoms with Gasteiger partial charge in [0.2, 0.25) is 0 Å². The van der Waals surface area contributed by atoms with Crippen LogP contribution in [0.2, 0.25) is 0 Å². The van der Waals surface area contributed by atoms with Crippen LogP contribution in [-0.4, -0.2) is 34.3 Å². The molecule has 0 heterocycles. The lowest BCUT2D eigenvalue weighted by Crippen LogP contribution is -2.16. The predicted molar refractivity (Wildman–Crippen MR) is 83.2 cm³/mol. The van der Waals surface area contributed by atoms with Crippen molar-refractivity contribution < 1.29 is 28.2 Å². The van der Waals surface area contributed by atoms with Gasteiger partial charge >= 0.3 is 6.18 Å². The summed E-state index contributed by atoms with van der Waals surface area (Å²) in [6.45, 7) is 1.42. The molecule has 1 amide bonds. The van der Waals surface area contributed by atoms with Crippen LogP contribution in [0.15, 0.2) is 52.1 Å². The van der Waals surface area contributed by atoms with E-state index >= 15 is 0 Å². The van der Waals surface area contributed by atoms with Gasteiger partial charge in [0.05, 0.1) is 17.4 Å². The number of carbonyl (C=O) groups excluding carboxylic acids is 1. The van der Waals surface area contributed by atoms with E-state index in [0.29, 0.717) is 6.20 Å². The molecule has 1 rings (SSSR count). The van der Waals surface area contributed by atoms with E-state index in [4.69, 9.17) is 5.73 Å². The minimum absolute atomic E-state index is 0.275. The third-order valence-corrected chi connectivity index (χ3v) is 2.54. The lowest BCUT2D eigenvalue weighted by molar-refractivity contribution is -0.0883. The van der Waals surface area contributed by atoms with Crippen LogP contribution in [0.1, 0.15) is 17.3 Å². The number of amides is 1. The summed E-state index contributed by atoms with van der Waals surface area (Å²) in [5.74, 6) is -2.16. The van der Waals surface area contributed by atoms with Gasteiger partial charge in [-0.2, -0.15) is 18.2 Å². The van der Waals surface area contributed by atoms with E-state index in [-0.39, 0.29) is 11.3 Å². The molecule has 0 aliphatic heterocycles. The molecule has 0 aromatic heterocycles. The van der Waals surface area contributed by atoms with Gasteiger partial charge < -0.3 is 15.9 Å². The Morgan fingerprint density at radius 1 is 1.29 bits per heavy atom. The highest BCUT2D eigenvalue weighted by molar-refractivity contribution is 6.31. The Kier molecular flexibility index (Phi) is 6.28. The monoisotopic (exact) mass is 341 g/mol. The van der Waals surface area contributed by atoms with Crippen LogP contribution in [0, 0.1) is 0 Å². The van der Waals surface area contributed by atoms with E-state index in [2.05, 4.69) is 9.98 Å². The highest BCUT2D eigenvalue weighted by Crippen LogP contribution is 2.26. The van der Waals surface area contributed by atoms with Gasteiger partial charge in [-0.15, -0.1) is 0 Å². The van der Waals surface area contributed by atoms with E-state index in [1.54, 1.807) is 0 Å². The molecule has 6 nitrogen and oxygen atoms in total. The van der Waals surface area contributed by atoms with Gasteiger partial charge in [-0.1, -0.05) is 12.2 Å². The molecular formula is C15H14F3N3O3. The maximum Gasteiger partial charge on any atom is 0.417 e. The van der Waals surface area contributed by atoms with Crippen LogP contribution in [0.5, 0.6) is 11.5 Å². The fourth-order valence-corrected chi connectivity index (χ4v) is 1.49. The van der Waals surface area contributed by atoms with Crippen LogP contribution in [0.25, 0.3) is 0 Å². The van der Waals surface area contributed by atoms with Crippen LogP contribution >= 0.6 is 0 Å². The predicted octanol–water partition coefficient (Wildman–Crippen LogP) is 2.69. The number of benzene rings is 1. The maximum absolute atomic E-state index is 12.6. The number of aliphatic imine (C=N–C) groups is 2. The number of phenols is 2. The average molecular weight is 341 g/mol. The minimum atomic E-state index is -4.58. The van der Waals surface area contributed by atoms with E-state index in [9.17, 15) is 28.2 Å². The number of aromatic hydroxyl groups is 2. The van der Waals surface area contributed by atoms with Crippen molar-refractivity contribution in [2.75, 3.05) is 0 Å². The van der Waals surface area contributed by atoms with Gasteiger partial charge in [-0.05, 0) is 25.1 Å². The second-order valence-electron chi connectivity index (χ2n) is 4.40. The van der Waals surface area contributed by atoms with Crippen LogP contribution in [-0.2, 0) is 0 Å². The molecule has 0 aliphatic rings. The first-order valence-corrected chi connectivity index (χ1v) is 6.49. The first-order valence-electron chi connectivity index (χ1n) is 6.49. The van der Waals surface area contributed by atoms with Crippen molar-refractivity contribution in [2.24, 2.45) is 15.7 Å². The highest BCUT2D eigenvalue weighted by Gasteiger charge is 2.31.